The highest BCUT2D eigenvalue weighted by Gasteiger charge is 2.43. The van der Waals surface area contributed by atoms with Crippen LogP contribution in [0.15, 0.2) is 66.4 Å². The lowest BCUT2D eigenvalue weighted by Crippen LogP contribution is -3.13. The smallest absolute Gasteiger partial charge is 0.198 e. The zero-order valence-corrected chi connectivity index (χ0v) is 16.2. The van der Waals surface area contributed by atoms with Crippen molar-refractivity contribution < 1.29 is 38.6 Å². The van der Waals surface area contributed by atoms with E-state index in [-0.39, 0.29) is 6.04 Å². The predicted molar refractivity (Wildman–Crippen MR) is 88.8 cm³/mol. The van der Waals surface area contributed by atoms with Crippen molar-refractivity contribution in [2.45, 2.75) is 13.0 Å². The summed E-state index contributed by atoms with van der Waals surface area (Å²) in [6, 6.07) is 21.2. The molecule has 3 rings (SSSR count). The van der Waals surface area contributed by atoms with Gasteiger partial charge in [0.25, 0.3) is 0 Å². The Kier molecular flexibility index (Phi) is 7.34. The van der Waals surface area contributed by atoms with Gasteiger partial charge in [-0.25, -0.2) is 23.6 Å². The monoisotopic (exact) mass is 394 g/mol. The van der Waals surface area contributed by atoms with Crippen LogP contribution in [0.5, 0.6) is 0 Å². The average Bonchev–Trinajstić information content (AvgIpc) is 2.93. The number of hydrogen-bond donors (Lipinski definition) is 1. The SMILES string of the molecule is CC[NH+]1C(c2ccccc2)=C(OC)C(c2ccccc2)N1C.[O-][Cl+3]([O-])([O-])[O-]. The van der Waals surface area contributed by atoms with E-state index in [9.17, 15) is 0 Å². The van der Waals surface area contributed by atoms with Gasteiger partial charge >= 0.3 is 0 Å². The molecule has 2 aromatic rings. The number of rotatable bonds is 4. The third kappa shape index (κ3) is 5.50. The summed E-state index contributed by atoms with van der Waals surface area (Å²) < 4.78 is 39.8. The van der Waals surface area contributed by atoms with Gasteiger partial charge in [0.05, 0.1) is 13.7 Å². The molecular weight excluding hydrogens is 372 g/mol. The van der Waals surface area contributed by atoms with Gasteiger partial charge in [0, 0.05) is 12.6 Å². The molecule has 7 nitrogen and oxygen atoms in total. The van der Waals surface area contributed by atoms with Crippen molar-refractivity contribution in [1.29, 1.82) is 0 Å². The summed E-state index contributed by atoms with van der Waals surface area (Å²) in [6.07, 6.45) is 0. The number of benzene rings is 2. The quantitative estimate of drug-likeness (QED) is 0.627. The van der Waals surface area contributed by atoms with Gasteiger partial charge in [-0.3, -0.25) is 0 Å². The Morgan fingerprint density at radius 2 is 1.44 bits per heavy atom. The van der Waals surface area contributed by atoms with E-state index in [1.54, 1.807) is 7.11 Å². The number of nitrogens with zero attached hydrogens (tertiary/aromatic N) is 1. The topological polar surface area (TPSA) is 109 Å². The molecule has 0 aliphatic carbocycles. The Morgan fingerprint density at radius 1 is 0.963 bits per heavy atom. The van der Waals surface area contributed by atoms with Crippen molar-refractivity contribution in [3.8, 4) is 0 Å². The molecule has 1 aliphatic rings. The van der Waals surface area contributed by atoms with E-state index in [0.717, 1.165) is 12.3 Å². The first-order valence-electron chi connectivity index (χ1n) is 8.37. The van der Waals surface area contributed by atoms with Crippen LogP contribution in [0.4, 0.5) is 0 Å². The van der Waals surface area contributed by atoms with Crippen LogP contribution in [0.2, 0.25) is 0 Å². The van der Waals surface area contributed by atoms with Crippen molar-refractivity contribution >= 4 is 5.70 Å². The van der Waals surface area contributed by atoms with Gasteiger partial charge in [-0.1, -0.05) is 48.5 Å². The maximum Gasteiger partial charge on any atom is 0.198 e. The van der Waals surface area contributed by atoms with E-state index in [1.165, 1.54) is 21.8 Å². The third-order valence-electron chi connectivity index (χ3n) is 4.33. The van der Waals surface area contributed by atoms with Crippen LogP contribution in [0, 0.1) is 10.2 Å². The van der Waals surface area contributed by atoms with Gasteiger partial charge in [0.15, 0.2) is 11.5 Å². The molecule has 1 heterocycles. The number of likely N-dealkylation sites (N-methyl/N-ethyl adjacent to an activating group) is 1. The molecule has 2 atom stereocenters. The molecule has 0 fully saturated rings. The largest absolute Gasteiger partial charge is 0.493 e. The predicted octanol–water partition coefficient (Wildman–Crippen LogP) is -2.25. The first-order valence-corrected chi connectivity index (χ1v) is 9.60. The Bertz CT molecular complexity index is 744. The molecule has 0 saturated heterocycles. The van der Waals surface area contributed by atoms with Gasteiger partial charge < -0.3 is 4.74 Å². The Hall–Kier alpha value is -1.97. The number of nitrogens with one attached hydrogen (secondary N) is 1. The number of methoxy groups -OCH3 is 1. The molecule has 1 aliphatic heterocycles. The van der Waals surface area contributed by atoms with Crippen molar-refractivity contribution in [2.24, 2.45) is 0 Å². The standard InChI is InChI=1S/C19H22N2O.ClHO4/c1-4-21-18(16-13-9-6-10-14-16)19(22-3)17(20(21)2)15-11-7-5-8-12-15;2-1(3,4)5/h5-14,17H,4H2,1-3H3;(H,2,3,4,5). The molecule has 8 heteroatoms. The van der Waals surface area contributed by atoms with E-state index in [0.29, 0.717) is 0 Å². The molecule has 0 bridgehead atoms. The lowest BCUT2D eigenvalue weighted by Gasteiger charge is -2.25. The molecule has 2 unspecified atom stereocenters. The average molecular weight is 395 g/mol. The highest BCUT2D eigenvalue weighted by atomic mass is 35.7. The van der Waals surface area contributed by atoms with Gasteiger partial charge in [-0.15, -0.1) is 15.3 Å². The second kappa shape index (κ2) is 9.29. The highest BCUT2D eigenvalue weighted by Crippen LogP contribution is 2.34. The molecule has 1 N–H and O–H groups in total. The second-order valence-electron chi connectivity index (χ2n) is 5.91. The van der Waals surface area contributed by atoms with Crippen molar-refractivity contribution in [1.82, 2.24) is 5.01 Å². The minimum absolute atomic E-state index is 0.149. The van der Waals surface area contributed by atoms with Gasteiger partial charge in [0.2, 0.25) is 0 Å². The number of ether oxygens (including phenoxy) is 1. The normalized spacial score (nSPS) is 20.3. The zero-order valence-electron chi connectivity index (χ0n) is 15.4. The van der Waals surface area contributed by atoms with Crippen molar-refractivity contribution in [3.63, 3.8) is 0 Å². The van der Waals surface area contributed by atoms with Crippen LogP contribution in [0.25, 0.3) is 5.70 Å². The lowest BCUT2D eigenvalue weighted by molar-refractivity contribution is -2.00. The Labute approximate surface area is 161 Å². The highest BCUT2D eigenvalue weighted by molar-refractivity contribution is 5.63. The van der Waals surface area contributed by atoms with Crippen LogP contribution in [0.3, 0.4) is 0 Å². The number of quaternary nitrogens is 1. The number of halogens is 1. The molecule has 0 aromatic heterocycles. The van der Waals surface area contributed by atoms with E-state index in [4.69, 9.17) is 23.4 Å². The van der Waals surface area contributed by atoms with Gasteiger partial charge in [-0.2, -0.15) is 0 Å². The van der Waals surface area contributed by atoms with Crippen LogP contribution in [-0.2, 0) is 4.74 Å². The zero-order chi connectivity index (χ0) is 20.0. The summed E-state index contributed by atoms with van der Waals surface area (Å²) in [7, 11) is -1.01. The molecule has 0 saturated carbocycles. The Morgan fingerprint density at radius 3 is 1.89 bits per heavy atom. The van der Waals surface area contributed by atoms with E-state index >= 15 is 0 Å². The molecule has 0 radical (unpaired) electrons. The summed E-state index contributed by atoms with van der Waals surface area (Å²) in [5, 5.41) is 3.67. The molecule has 2 aromatic carbocycles. The fraction of sp³-hybridized carbons (Fsp3) is 0.263. The summed E-state index contributed by atoms with van der Waals surface area (Å²) >= 11 is 0. The maximum atomic E-state index is 8.49. The van der Waals surface area contributed by atoms with Crippen molar-refractivity contribution in [2.75, 3.05) is 20.7 Å². The second-order valence-corrected chi connectivity index (χ2v) is 6.67. The third-order valence-corrected chi connectivity index (χ3v) is 4.33. The van der Waals surface area contributed by atoms with Crippen LogP contribution >= 0.6 is 0 Å². The van der Waals surface area contributed by atoms with Crippen LogP contribution < -0.4 is 23.6 Å². The van der Waals surface area contributed by atoms with Gasteiger partial charge in [-0.05, 0) is 24.6 Å². The van der Waals surface area contributed by atoms with E-state index in [1.807, 2.05) is 0 Å². The van der Waals surface area contributed by atoms with Crippen LogP contribution in [-0.4, -0.2) is 25.7 Å². The minimum Gasteiger partial charge on any atom is -0.493 e. The molecule has 27 heavy (non-hydrogen) atoms. The van der Waals surface area contributed by atoms with E-state index in [2.05, 4.69) is 79.6 Å². The molecule has 146 valence electrons. The first kappa shape index (κ1) is 21.3. The first-order chi connectivity index (χ1) is 12.8. The fourth-order valence-corrected chi connectivity index (χ4v) is 3.35. The van der Waals surface area contributed by atoms with Crippen molar-refractivity contribution in [3.05, 3.63) is 77.5 Å². The molecule has 0 amide bonds. The number of hydrogen-bond acceptors (Lipinski definition) is 6. The summed E-state index contributed by atoms with van der Waals surface area (Å²) in [4.78, 5) is 0. The lowest BCUT2D eigenvalue weighted by atomic mass is 10.0. The fourth-order valence-electron chi connectivity index (χ4n) is 3.35. The van der Waals surface area contributed by atoms with Crippen LogP contribution in [0.1, 0.15) is 24.1 Å². The maximum absolute atomic E-state index is 8.49. The van der Waals surface area contributed by atoms with E-state index < -0.39 is 10.2 Å². The minimum atomic E-state index is -4.94. The van der Waals surface area contributed by atoms with Gasteiger partial charge in [0.1, 0.15) is 6.04 Å². The summed E-state index contributed by atoms with van der Waals surface area (Å²) in [5.74, 6) is 1.04. The summed E-state index contributed by atoms with van der Waals surface area (Å²) in [6.45, 7) is 3.19. The summed E-state index contributed by atoms with van der Waals surface area (Å²) in [5.41, 5.74) is 3.72. The Balaban J connectivity index is 0.000000465. The molecular formula is C19H23ClN2O5. The molecule has 0 spiro atoms.